The average Bonchev–Trinajstić information content (AvgIpc) is 2.25. The molecule has 17 heavy (non-hydrogen) atoms. The smallest absolute Gasteiger partial charge is 0.329 e. The van der Waals surface area contributed by atoms with Crippen LogP contribution in [0, 0.1) is 10.1 Å². The van der Waals surface area contributed by atoms with E-state index >= 15 is 0 Å². The Balaban J connectivity index is 3.17. The summed E-state index contributed by atoms with van der Waals surface area (Å²) in [6, 6.07) is 4.95. The molecule has 0 aliphatic rings. The molecule has 0 amide bonds. The Morgan fingerprint density at radius 3 is 2.18 bits per heavy atom. The number of carboxylic acid groups (broad SMARTS) is 1. The molecule has 7 heteroatoms. The number of carbonyl (C=O) groups excluding carboxylic acids is 1. The lowest BCUT2D eigenvalue weighted by Crippen LogP contribution is -1.99. The zero-order valence-electron chi connectivity index (χ0n) is 8.36. The summed E-state index contributed by atoms with van der Waals surface area (Å²) in [5.41, 5.74) is -0.0104. The van der Waals surface area contributed by atoms with Crippen LogP contribution in [0.3, 0.4) is 0 Å². The minimum atomic E-state index is -1.29. The molecule has 0 aliphatic carbocycles. The third kappa shape index (κ3) is 3.42. The molecule has 0 aromatic heterocycles. The fourth-order valence-corrected chi connectivity index (χ4v) is 1.35. The van der Waals surface area contributed by atoms with Crippen molar-refractivity contribution in [1.29, 1.82) is 0 Å². The predicted molar refractivity (Wildman–Crippen MR) is 62.7 cm³/mol. The van der Waals surface area contributed by atoms with Gasteiger partial charge in [-0.05, 0) is 17.7 Å². The van der Waals surface area contributed by atoms with E-state index in [1.54, 1.807) is 0 Å². The van der Waals surface area contributed by atoms with Gasteiger partial charge < -0.3 is 5.11 Å². The summed E-state index contributed by atoms with van der Waals surface area (Å²) in [6.07, 6.45) is 0.705. The summed E-state index contributed by atoms with van der Waals surface area (Å²) in [6.45, 7) is 0. The van der Waals surface area contributed by atoms with Gasteiger partial charge in [-0.1, -0.05) is 0 Å². The Bertz CT molecular complexity index is 506. The zero-order valence-corrected chi connectivity index (χ0v) is 9.26. The van der Waals surface area contributed by atoms with Gasteiger partial charge in [-0.2, -0.15) is 0 Å². The first-order valence-corrected chi connectivity index (χ1v) is 4.79. The van der Waals surface area contributed by atoms with Crippen LogP contribution in [0.5, 0.6) is 0 Å². The highest BCUT2D eigenvalue weighted by atomic mass is 32.1. The van der Waals surface area contributed by atoms with Gasteiger partial charge in [-0.15, -0.1) is 12.6 Å². The molecule has 0 atom stereocenters. The molecule has 0 fully saturated rings. The van der Waals surface area contributed by atoms with Crippen molar-refractivity contribution in [2.45, 2.75) is 0 Å². The van der Waals surface area contributed by atoms with Crippen LogP contribution in [0.4, 0.5) is 5.69 Å². The third-order valence-corrected chi connectivity index (χ3v) is 2.13. The summed E-state index contributed by atoms with van der Waals surface area (Å²) >= 11 is 3.54. The van der Waals surface area contributed by atoms with Gasteiger partial charge in [0.15, 0.2) is 0 Å². The van der Waals surface area contributed by atoms with Crippen LogP contribution >= 0.6 is 12.6 Å². The molecule has 0 unspecified atom stereocenters. The Hall–Kier alpha value is -2.15. The molecular weight excluding hydrogens is 246 g/mol. The SMILES string of the molecule is O=C(O)/C=C(/C(=O)S)c1ccc([N+](=O)[O-])cc1. The maximum absolute atomic E-state index is 11.1. The number of carbonyl (C=O) groups is 2. The first kappa shape index (κ1) is 12.9. The predicted octanol–water partition coefficient (Wildman–Crippen LogP) is 1.52. The van der Waals surface area contributed by atoms with Crippen molar-refractivity contribution in [3.05, 3.63) is 46.0 Å². The number of nitro benzene ring substituents is 1. The Kier molecular flexibility index (Phi) is 4.00. The van der Waals surface area contributed by atoms with Crippen molar-refractivity contribution in [3.8, 4) is 0 Å². The largest absolute Gasteiger partial charge is 0.478 e. The lowest BCUT2D eigenvalue weighted by Gasteiger charge is -2.01. The standard InChI is InChI=1S/C10H7NO5S/c12-9(13)5-8(10(14)17)6-1-3-7(4-2-6)11(15)16/h1-5H,(H,12,13)(H,14,17)/b8-5+. The summed E-state index contributed by atoms with van der Waals surface area (Å²) in [7, 11) is 0. The van der Waals surface area contributed by atoms with Crippen molar-refractivity contribution < 1.29 is 19.6 Å². The van der Waals surface area contributed by atoms with Gasteiger partial charge in [0.05, 0.1) is 4.92 Å². The van der Waals surface area contributed by atoms with E-state index in [9.17, 15) is 19.7 Å². The van der Waals surface area contributed by atoms with Crippen LogP contribution in [0.15, 0.2) is 30.3 Å². The number of hydrogen-bond donors (Lipinski definition) is 2. The van der Waals surface area contributed by atoms with Crippen LogP contribution in [-0.2, 0) is 9.59 Å². The first-order chi connectivity index (χ1) is 7.91. The van der Waals surface area contributed by atoms with Crippen molar-refractivity contribution in [1.82, 2.24) is 0 Å². The Morgan fingerprint density at radius 1 is 1.29 bits per heavy atom. The van der Waals surface area contributed by atoms with Crippen LogP contribution in [0.1, 0.15) is 5.56 Å². The minimum Gasteiger partial charge on any atom is -0.478 e. The molecule has 0 radical (unpaired) electrons. The zero-order chi connectivity index (χ0) is 13.0. The molecule has 1 N–H and O–H groups in total. The monoisotopic (exact) mass is 253 g/mol. The molecule has 1 aromatic carbocycles. The van der Waals surface area contributed by atoms with Crippen molar-refractivity contribution >= 4 is 35.0 Å². The normalized spacial score (nSPS) is 11.0. The molecule has 6 nitrogen and oxygen atoms in total. The number of thiol groups is 1. The molecule has 0 spiro atoms. The fraction of sp³-hybridized carbons (Fsp3) is 0. The third-order valence-electron chi connectivity index (χ3n) is 1.89. The van der Waals surface area contributed by atoms with Gasteiger partial charge in [0.2, 0.25) is 5.12 Å². The van der Waals surface area contributed by atoms with E-state index in [1.165, 1.54) is 24.3 Å². The van der Waals surface area contributed by atoms with E-state index in [2.05, 4.69) is 12.6 Å². The van der Waals surface area contributed by atoms with E-state index < -0.39 is 16.0 Å². The molecule has 0 aliphatic heterocycles. The van der Waals surface area contributed by atoms with E-state index in [0.717, 1.165) is 0 Å². The highest BCUT2D eigenvalue weighted by Crippen LogP contribution is 2.20. The second-order valence-electron chi connectivity index (χ2n) is 3.01. The molecular formula is C10H7NO5S. The number of aliphatic carboxylic acids is 1. The minimum absolute atomic E-state index is 0.129. The highest BCUT2D eigenvalue weighted by Gasteiger charge is 2.12. The Morgan fingerprint density at radius 2 is 1.82 bits per heavy atom. The van der Waals surface area contributed by atoms with Gasteiger partial charge in [0.25, 0.3) is 5.69 Å². The topological polar surface area (TPSA) is 97.5 Å². The first-order valence-electron chi connectivity index (χ1n) is 4.34. The summed E-state index contributed by atoms with van der Waals surface area (Å²) in [5, 5.41) is 18.3. The number of nitrogens with zero attached hydrogens (tertiary/aromatic N) is 1. The van der Waals surface area contributed by atoms with Gasteiger partial charge in [-0.25, -0.2) is 4.79 Å². The van der Waals surface area contributed by atoms with Crippen molar-refractivity contribution in [3.63, 3.8) is 0 Å². The van der Waals surface area contributed by atoms with Gasteiger partial charge in [0.1, 0.15) is 0 Å². The summed E-state index contributed by atoms with van der Waals surface area (Å²) in [4.78, 5) is 31.4. The maximum atomic E-state index is 11.1. The van der Waals surface area contributed by atoms with E-state index in [0.29, 0.717) is 6.08 Å². The number of carboxylic acids is 1. The van der Waals surface area contributed by atoms with Gasteiger partial charge in [-0.3, -0.25) is 14.9 Å². The molecule has 0 bridgehead atoms. The molecule has 1 aromatic rings. The Labute approximate surface area is 101 Å². The van der Waals surface area contributed by atoms with Gasteiger partial charge >= 0.3 is 5.97 Å². The van der Waals surface area contributed by atoms with Crippen molar-refractivity contribution in [2.24, 2.45) is 0 Å². The molecule has 0 heterocycles. The molecule has 88 valence electrons. The molecule has 0 saturated carbocycles. The maximum Gasteiger partial charge on any atom is 0.329 e. The van der Waals surface area contributed by atoms with Crippen LogP contribution < -0.4 is 0 Å². The summed E-state index contributed by atoms with van der Waals surface area (Å²) < 4.78 is 0. The number of rotatable bonds is 4. The quantitative estimate of drug-likeness (QED) is 0.367. The second kappa shape index (κ2) is 5.26. The fourth-order valence-electron chi connectivity index (χ4n) is 1.15. The van der Waals surface area contributed by atoms with Crippen LogP contribution in [-0.4, -0.2) is 21.1 Å². The average molecular weight is 253 g/mol. The lowest BCUT2D eigenvalue weighted by atomic mass is 10.1. The van der Waals surface area contributed by atoms with E-state index in [-0.39, 0.29) is 16.8 Å². The van der Waals surface area contributed by atoms with Gasteiger partial charge in [0, 0.05) is 23.8 Å². The number of benzene rings is 1. The van der Waals surface area contributed by atoms with E-state index in [1.807, 2.05) is 0 Å². The van der Waals surface area contributed by atoms with E-state index in [4.69, 9.17) is 5.11 Å². The van der Waals surface area contributed by atoms with Crippen LogP contribution in [0.25, 0.3) is 5.57 Å². The highest BCUT2D eigenvalue weighted by molar-refractivity contribution is 7.98. The molecule has 0 saturated heterocycles. The molecule has 1 rings (SSSR count). The number of non-ortho nitro benzene ring substituents is 1. The van der Waals surface area contributed by atoms with Crippen LogP contribution in [0.2, 0.25) is 0 Å². The lowest BCUT2D eigenvalue weighted by molar-refractivity contribution is -0.384. The van der Waals surface area contributed by atoms with Crippen molar-refractivity contribution in [2.75, 3.05) is 0 Å². The second-order valence-corrected chi connectivity index (χ2v) is 3.41. The number of nitro groups is 1. The summed E-state index contributed by atoms with van der Waals surface area (Å²) in [5.74, 6) is -1.29. The number of hydrogen-bond acceptors (Lipinski definition) is 4.